The Balaban J connectivity index is 2.91. The maximum absolute atomic E-state index is 12.7. The average molecular weight is 463 g/mol. The second-order valence-corrected chi connectivity index (χ2v) is 7.17. The van der Waals surface area contributed by atoms with Gasteiger partial charge < -0.3 is 36.9 Å². The van der Waals surface area contributed by atoms with E-state index >= 15 is 0 Å². The first kappa shape index (κ1) is 25.7. The number of carboxylic acid groups (broad SMARTS) is 1. The van der Waals surface area contributed by atoms with Crippen molar-refractivity contribution < 1.29 is 29.4 Å². The maximum atomic E-state index is 12.7. The number of aliphatic hydroxyl groups is 1. The highest BCUT2D eigenvalue weighted by Crippen LogP contribution is 2.02. The number of carbonyl (C=O) groups is 4. The molecule has 0 saturated heterocycles. The summed E-state index contributed by atoms with van der Waals surface area (Å²) in [5.41, 5.74) is 6.17. The quantitative estimate of drug-likeness (QED) is 0.147. The lowest BCUT2D eigenvalue weighted by atomic mass is 10.1. The number of nitrogens with two attached hydrogens (primary N) is 1. The van der Waals surface area contributed by atoms with Crippen LogP contribution in [0, 0.1) is 0 Å². The molecule has 0 fully saturated rings. The summed E-state index contributed by atoms with van der Waals surface area (Å²) in [7, 11) is 0. The molecule has 1 aromatic heterocycles. The Bertz CT molecular complexity index is 732. The molecule has 5 unspecified atom stereocenters. The lowest BCUT2D eigenvalue weighted by Crippen LogP contribution is -2.59. The van der Waals surface area contributed by atoms with E-state index in [-0.39, 0.29) is 17.9 Å². The van der Waals surface area contributed by atoms with Crippen LogP contribution in [0.1, 0.15) is 12.6 Å². The summed E-state index contributed by atoms with van der Waals surface area (Å²) in [6, 6.07) is -4.84. The Morgan fingerprint density at radius 1 is 1.10 bits per heavy atom. The van der Waals surface area contributed by atoms with E-state index in [1.807, 2.05) is 0 Å². The first-order chi connectivity index (χ1) is 14.1. The van der Waals surface area contributed by atoms with Crippen molar-refractivity contribution in [1.29, 1.82) is 0 Å². The van der Waals surface area contributed by atoms with Gasteiger partial charge in [-0.05, 0) is 6.92 Å². The Labute approximate surface area is 183 Å². The summed E-state index contributed by atoms with van der Waals surface area (Å²) in [5, 5.41) is 25.6. The van der Waals surface area contributed by atoms with Crippen LogP contribution in [0.25, 0.3) is 0 Å². The highest BCUT2D eigenvalue weighted by atomic mass is 32.1. The van der Waals surface area contributed by atoms with Crippen LogP contribution in [0.3, 0.4) is 0 Å². The molecule has 0 aliphatic rings. The summed E-state index contributed by atoms with van der Waals surface area (Å²) < 4.78 is 0. The summed E-state index contributed by atoms with van der Waals surface area (Å²) in [6.07, 6.45) is 1.53. The number of hydrogen-bond donors (Lipinski definition) is 9. The third kappa shape index (κ3) is 7.85. The van der Waals surface area contributed by atoms with Crippen molar-refractivity contribution in [3.8, 4) is 0 Å². The summed E-state index contributed by atoms with van der Waals surface area (Å²) in [5.74, 6) is -3.73. The molecule has 1 heterocycles. The van der Waals surface area contributed by atoms with Gasteiger partial charge >= 0.3 is 5.97 Å². The van der Waals surface area contributed by atoms with Crippen LogP contribution >= 0.6 is 25.3 Å². The minimum Gasteiger partial charge on any atom is -0.480 e. The number of nitrogens with zero attached hydrogens (tertiary/aromatic N) is 1. The van der Waals surface area contributed by atoms with Gasteiger partial charge in [-0.25, -0.2) is 9.78 Å². The van der Waals surface area contributed by atoms with Gasteiger partial charge in [0.25, 0.3) is 0 Å². The molecule has 0 saturated carbocycles. The summed E-state index contributed by atoms with van der Waals surface area (Å²) in [4.78, 5) is 55.0. The molecule has 0 aromatic carbocycles. The number of aromatic amines is 1. The minimum absolute atomic E-state index is 0.0310. The minimum atomic E-state index is -1.56. The molecule has 0 radical (unpaired) electrons. The van der Waals surface area contributed by atoms with Gasteiger partial charge in [-0.1, -0.05) is 0 Å². The number of aliphatic carboxylic acids is 1. The molecular formula is C16H26N6O6S2. The molecule has 1 rings (SSSR count). The van der Waals surface area contributed by atoms with E-state index in [2.05, 4.69) is 51.2 Å². The number of carboxylic acids is 1. The van der Waals surface area contributed by atoms with Gasteiger partial charge in [0.1, 0.15) is 12.1 Å². The number of aliphatic hydroxyl groups excluding tert-OH is 1. The predicted octanol–water partition coefficient (Wildman–Crippen LogP) is -2.94. The number of nitrogens with one attached hydrogen (secondary N) is 4. The lowest BCUT2D eigenvalue weighted by molar-refractivity contribution is -0.145. The van der Waals surface area contributed by atoms with Crippen LogP contribution in [0.15, 0.2) is 12.5 Å². The van der Waals surface area contributed by atoms with Crippen molar-refractivity contribution in [1.82, 2.24) is 25.9 Å². The third-order valence-electron chi connectivity index (χ3n) is 4.01. The standard InChI is InChI=1S/C16H26N6O6S2/c1-7(23)12(16(27)28)22-15(26)11(5-30)21-14(25)10(2-8-3-18-6-19-8)20-13(24)9(17)4-29/h3,6-7,9-12,23,29-30H,2,4-5,17H2,1H3,(H,18,19)(H,20,24)(H,21,25)(H,22,26)(H,27,28). The molecule has 8 N–H and O–H groups in total. The van der Waals surface area contributed by atoms with Gasteiger partial charge in [0.2, 0.25) is 17.7 Å². The summed E-state index contributed by atoms with van der Waals surface area (Å²) >= 11 is 7.96. The molecule has 1 aromatic rings. The second kappa shape index (κ2) is 12.4. The predicted molar refractivity (Wildman–Crippen MR) is 113 cm³/mol. The van der Waals surface area contributed by atoms with Crippen molar-refractivity contribution in [3.63, 3.8) is 0 Å². The third-order valence-corrected chi connectivity index (χ3v) is 4.77. The Morgan fingerprint density at radius 3 is 2.17 bits per heavy atom. The van der Waals surface area contributed by atoms with E-state index in [0.717, 1.165) is 0 Å². The number of hydrogen-bond acceptors (Lipinski definition) is 9. The van der Waals surface area contributed by atoms with Gasteiger partial charge in [0, 0.05) is 29.8 Å². The van der Waals surface area contributed by atoms with Gasteiger partial charge in [0.15, 0.2) is 6.04 Å². The zero-order chi connectivity index (χ0) is 22.8. The Kier molecular flexibility index (Phi) is 10.7. The molecule has 14 heteroatoms. The fourth-order valence-electron chi connectivity index (χ4n) is 2.30. The van der Waals surface area contributed by atoms with Crippen molar-refractivity contribution >= 4 is 48.9 Å². The monoisotopic (exact) mass is 462 g/mol. The van der Waals surface area contributed by atoms with E-state index in [1.54, 1.807) is 0 Å². The molecule has 0 aliphatic carbocycles. The van der Waals surface area contributed by atoms with Gasteiger partial charge in [-0.15, -0.1) is 0 Å². The van der Waals surface area contributed by atoms with Crippen molar-refractivity contribution in [2.24, 2.45) is 5.73 Å². The zero-order valence-electron chi connectivity index (χ0n) is 16.1. The molecule has 3 amide bonds. The zero-order valence-corrected chi connectivity index (χ0v) is 17.9. The fourth-order valence-corrected chi connectivity index (χ4v) is 2.72. The topological polar surface area (TPSA) is 200 Å². The Morgan fingerprint density at radius 2 is 1.70 bits per heavy atom. The maximum Gasteiger partial charge on any atom is 0.328 e. The van der Waals surface area contributed by atoms with Crippen LogP contribution in [0.5, 0.6) is 0 Å². The van der Waals surface area contributed by atoms with Gasteiger partial charge in [-0.2, -0.15) is 25.3 Å². The number of amides is 3. The largest absolute Gasteiger partial charge is 0.480 e. The van der Waals surface area contributed by atoms with Crippen LogP contribution in [-0.4, -0.2) is 85.6 Å². The van der Waals surface area contributed by atoms with E-state index < -0.39 is 54.0 Å². The first-order valence-corrected chi connectivity index (χ1v) is 10.1. The molecule has 5 atom stereocenters. The first-order valence-electron chi connectivity index (χ1n) is 8.87. The van der Waals surface area contributed by atoms with Crippen LogP contribution in [0.2, 0.25) is 0 Å². The number of H-pyrrole nitrogens is 1. The number of rotatable bonds is 12. The molecule has 30 heavy (non-hydrogen) atoms. The lowest BCUT2D eigenvalue weighted by Gasteiger charge is -2.24. The molecule has 168 valence electrons. The van der Waals surface area contributed by atoms with Gasteiger partial charge in [-0.3, -0.25) is 14.4 Å². The Hall–Kier alpha value is -2.29. The number of carbonyl (C=O) groups excluding carboxylic acids is 3. The van der Waals surface area contributed by atoms with E-state index in [1.165, 1.54) is 19.4 Å². The molecule has 0 spiro atoms. The average Bonchev–Trinajstić information content (AvgIpc) is 3.21. The SMILES string of the molecule is CC(O)C(NC(=O)C(CS)NC(=O)C(Cc1cnc[nH]1)NC(=O)C(N)CS)C(=O)O. The van der Waals surface area contributed by atoms with E-state index in [9.17, 15) is 24.3 Å². The summed E-state index contributed by atoms with van der Waals surface area (Å²) in [6.45, 7) is 1.20. The highest BCUT2D eigenvalue weighted by molar-refractivity contribution is 7.80. The van der Waals surface area contributed by atoms with Crippen LogP contribution < -0.4 is 21.7 Å². The highest BCUT2D eigenvalue weighted by Gasteiger charge is 2.31. The van der Waals surface area contributed by atoms with Crippen molar-refractivity contribution in [3.05, 3.63) is 18.2 Å². The molecular weight excluding hydrogens is 436 g/mol. The van der Waals surface area contributed by atoms with Crippen LogP contribution in [0.4, 0.5) is 0 Å². The second-order valence-electron chi connectivity index (χ2n) is 6.44. The van der Waals surface area contributed by atoms with E-state index in [0.29, 0.717) is 5.69 Å². The number of imidazole rings is 1. The van der Waals surface area contributed by atoms with Crippen molar-refractivity contribution in [2.45, 2.75) is 43.6 Å². The molecule has 0 bridgehead atoms. The number of aromatic nitrogens is 2. The van der Waals surface area contributed by atoms with Crippen molar-refractivity contribution in [2.75, 3.05) is 11.5 Å². The molecule has 12 nitrogen and oxygen atoms in total. The van der Waals surface area contributed by atoms with Gasteiger partial charge in [0.05, 0.1) is 18.5 Å². The van der Waals surface area contributed by atoms with Crippen LogP contribution in [-0.2, 0) is 25.6 Å². The normalized spacial score (nSPS) is 15.9. The number of thiol groups is 2. The van der Waals surface area contributed by atoms with E-state index in [4.69, 9.17) is 10.8 Å². The molecule has 0 aliphatic heterocycles. The smallest absolute Gasteiger partial charge is 0.328 e. The fraction of sp³-hybridized carbons (Fsp3) is 0.562.